The second kappa shape index (κ2) is 6.22. The summed E-state index contributed by atoms with van der Waals surface area (Å²) in [5.41, 5.74) is -0.226. The van der Waals surface area contributed by atoms with Gasteiger partial charge >= 0.3 is 5.97 Å². The number of ether oxygens (including phenoxy) is 1. The molecule has 0 radical (unpaired) electrons. The summed E-state index contributed by atoms with van der Waals surface area (Å²) in [5.74, 6) is -0.275. The number of esters is 1. The highest BCUT2D eigenvalue weighted by atomic mass is 35.5. The van der Waals surface area contributed by atoms with E-state index in [0.29, 0.717) is 5.92 Å². The Labute approximate surface area is 122 Å². The van der Waals surface area contributed by atoms with Crippen LogP contribution in [0.3, 0.4) is 0 Å². The standard InChI is InChI=1S/C14H16ClNO4/c1-9-5-2-3-8-12(9)20-14(17)10-6-4-7-11(13(10)15)16(18)19/h4,6-7,9,12H,2-3,5,8H2,1H3. The lowest BCUT2D eigenvalue weighted by atomic mass is 9.88. The van der Waals surface area contributed by atoms with Crippen LogP contribution in [0, 0.1) is 16.0 Å². The van der Waals surface area contributed by atoms with Gasteiger partial charge in [0, 0.05) is 6.07 Å². The maximum Gasteiger partial charge on any atom is 0.340 e. The van der Waals surface area contributed by atoms with Crippen LogP contribution in [0.1, 0.15) is 43.0 Å². The predicted octanol–water partition coefficient (Wildman–Crippen LogP) is 3.98. The molecule has 20 heavy (non-hydrogen) atoms. The largest absolute Gasteiger partial charge is 0.458 e. The van der Waals surface area contributed by atoms with Crippen molar-refractivity contribution in [3.05, 3.63) is 38.9 Å². The third-order valence-electron chi connectivity index (χ3n) is 3.69. The molecule has 0 aliphatic heterocycles. The number of nitro benzene ring substituents is 1. The van der Waals surface area contributed by atoms with Crippen molar-refractivity contribution in [1.29, 1.82) is 0 Å². The Balaban J connectivity index is 2.17. The van der Waals surface area contributed by atoms with E-state index in [9.17, 15) is 14.9 Å². The average Bonchev–Trinajstić information content (AvgIpc) is 2.41. The molecule has 1 aliphatic carbocycles. The number of hydrogen-bond acceptors (Lipinski definition) is 4. The summed E-state index contributed by atoms with van der Waals surface area (Å²) in [6, 6.07) is 4.15. The van der Waals surface area contributed by atoms with Crippen LogP contribution in [0.15, 0.2) is 18.2 Å². The molecular weight excluding hydrogens is 282 g/mol. The van der Waals surface area contributed by atoms with Crippen LogP contribution < -0.4 is 0 Å². The normalized spacial score (nSPS) is 22.3. The van der Waals surface area contributed by atoms with Gasteiger partial charge in [0.1, 0.15) is 11.1 Å². The lowest BCUT2D eigenvalue weighted by Gasteiger charge is -2.28. The molecule has 108 valence electrons. The molecule has 0 amide bonds. The van der Waals surface area contributed by atoms with Gasteiger partial charge in [0.2, 0.25) is 0 Å². The van der Waals surface area contributed by atoms with Crippen molar-refractivity contribution in [2.75, 3.05) is 0 Å². The first-order chi connectivity index (χ1) is 9.50. The van der Waals surface area contributed by atoms with Crippen molar-refractivity contribution in [3.8, 4) is 0 Å². The van der Waals surface area contributed by atoms with E-state index < -0.39 is 10.9 Å². The highest BCUT2D eigenvalue weighted by Crippen LogP contribution is 2.31. The van der Waals surface area contributed by atoms with Crippen molar-refractivity contribution in [1.82, 2.24) is 0 Å². The van der Waals surface area contributed by atoms with Gasteiger partial charge in [-0.05, 0) is 31.2 Å². The van der Waals surface area contributed by atoms with Crippen LogP contribution in [0.4, 0.5) is 5.69 Å². The molecule has 1 fully saturated rings. The minimum atomic E-state index is -0.609. The van der Waals surface area contributed by atoms with Crippen molar-refractivity contribution < 1.29 is 14.5 Å². The maximum atomic E-state index is 12.1. The van der Waals surface area contributed by atoms with Crippen molar-refractivity contribution in [2.24, 2.45) is 5.92 Å². The number of halogens is 1. The molecule has 0 bridgehead atoms. The Hall–Kier alpha value is -1.62. The third kappa shape index (κ3) is 3.10. The van der Waals surface area contributed by atoms with Gasteiger partial charge in [0.15, 0.2) is 0 Å². The molecule has 0 heterocycles. The van der Waals surface area contributed by atoms with Crippen LogP contribution in [-0.4, -0.2) is 17.0 Å². The molecule has 1 aromatic rings. The van der Waals surface area contributed by atoms with Crippen LogP contribution in [0.25, 0.3) is 0 Å². The van der Waals surface area contributed by atoms with E-state index in [1.54, 1.807) is 0 Å². The summed E-state index contributed by atoms with van der Waals surface area (Å²) in [6.07, 6.45) is 3.91. The average molecular weight is 298 g/mol. The number of hydrogen-bond donors (Lipinski definition) is 0. The molecule has 0 spiro atoms. The first-order valence-corrected chi connectivity index (χ1v) is 7.02. The number of nitro groups is 1. The van der Waals surface area contributed by atoms with E-state index in [2.05, 4.69) is 0 Å². The molecule has 2 atom stereocenters. The molecule has 6 heteroatoms. The summed E-state index contributed by atoms with van der Waals surface area (Å²) < 4.78 is 5.46. The van der Waals surface area contributed by atoms with Gasteiger partial charge in [-0.25, -0.2) is 4.79 Å². The number of rotatable bonds is 3. The van der Waals surface area contributed by atoms with E-state index in [-0.39, 0.29) is 22.4 Å². The van der Waals surface area contributed by atoms with Crippen LogP contribution >= 0.6 is 11.6 Å². The summed E-state index contributed by atoms with van der Waals surface area (Å²) in [5, 5.41) is 10.6. The minimum Gasteiger partial charge on any atom is -0.458 e. The number of benzene rings is 1. The van der Waals surface area contributed by atoms with Crippen LogP contribution in [0.5, 0.6) is 0 Å². The van der Waals surface area contributed by atoms with Gasteiger partial charge in [0.05, 0.1) is 10.5 Å². The van der Waals surface area contributed by atoms with Crippen LogP contribution in [-0.2, 0) is 4.74 Å². The van der Waals surface area contributed by atoms with Crippen LogP contribution in [0.2, 0.25) is 5.02 Å². The van der Waals surface area contributed by atoms with E-state index in [4.69, 9.17) is 16.3 Å². The molecule has 2 rings (SSSR count). The topological polar surface area (TPSA) is 69.4 Å². The molecule has 0 aromatic heterocycles. The SMILES string of the molecule is CC1CCCCC1OC(=O)c1cccc([N+](=O)[O-])c1Cl. The Bertz CT molecular complexity index is 532. The zero-order chi connectivity index (χ0) is 14.7. The Kier molecular flexibility index (Phi) is 4.60. The first kappa shape index (κ1) is 14.8. The number of carbonyl (C=O) groups is 1. The number of nitrogens with zero attached hydrogens (tertiary/aromatic N) is 1. The summed E-state index contributed by atoms with van der Waals surface area (Å²) in [4.78, 5) is 22.3. The molecule has 5 nitrogen and oxygen atoms in total. The molecule has 1 aliphatic rings. The fraction of sp³-hybridized carbons (Fsp3) is 0.500. The zero-order valence-electron chi connectivity index (χ0n) is 11.2. The summed E-state index contributed by atoms with van der Waals surface area (Å²) >= 11 is 5.91. The van der Waals surface area contributed by atoms with Gasteiger partial charge in [-0.15, -0.1) is 0 Å². The fourth-order valence-corrected chi connectivity index (χ4v) is 2.75. The van der Waals surface area contributed by atoms with Crippen molar-refractivity contribution in [2.45, 2.75) is 38.7 Å². The van der Waals surface area contributed by atoms with E-state index in [1.807, 2.05) is 6.92 Å². The van der Waals surface area contributed by atoms with Gasteiger partial charge < -0.3 is 4.74 Å². The molecule has 1 saturated carbocycles. The maximum absolute atomic E-state index is 12.1. The highest BCUT2D eigenvalue weighted by molar-refractivity contribution is 6.35. The molecule has 0 N–H and O–H groups in total. The smallest absolute Gasteiger partial charge is 0.340 e. The van der Waals surface area contributed by atoms with Gasteiger partial charge in [-0.1, -0.05) is 31.0 Å². The van der Waals surface area contributed by atoms with Crippen molar-refractivity contribution in [3.63, 3.8) is 0 Å². The van der Waals surface area contributed by atoms with Crippen molar-refractivity contribution >= 4 is 23.3 Å². The molecular formula is C14H16ClNO4. The van der Waals surface area contributed by atoms with Gasteiger partial charge in [-0.3, -0.25) is 10.1 Å². The summed E-state index contributed by atoms with van der Waals surface area (Å²) in [7, 11) is 0. The predicted molar refractivity (Wildman–Crippen MR) is 74.9 cm³/mol. The highest BCUT2D eigenvalue weighted by Gasteiger charge is 2.27. The second-order valence-electron chi connectivity index (χ2n) is 5.10. The monoisotopic (exact) mass is 297 g/mol. The number of carbonyl (C=O) groups excluding carboxylic acids is 1. The molecule has 1 aromatic carbocycles. The second-order valence-corrected chi connectivity index (χ2v) is 5.48. The Morgan fingerprint density at radius 3 is 2.75 bits per heavy atom. The minimum absolute atomic E-state index is 0.0543. The van der Waals surface area contributed by atoms with E-state index in [0.717, 1.165) is 25.7 Å². The first-order valence-electron chi connectivity index (χ1n) is 6.64. The third-order valence-corrected chi connectivity index (χ3v) is 4.08. The van der Waals surface area contributed by atoms with E-state index >= 15 is 0 Å². The lowest BCUT2D eigenvalue weighted by Crippen LogP contribution is -2.28. The lowest BCUT2D eigenvalue weighted by molar-refractivity contribution is -0.384. The van der Waals surface area contributed by atoms with Gasteiger partial charge in [-0.2, -0.15) is 0 Å². The van der Waals surface area contributed by atoms with Gasteiger partial charge in [0.25, 0.3) is 5.69 Å². The quantitative estimate of drug-likeness (QED) is 0.480. The summed E-state index contributed by atoms with van der Waals surface area (Å²) in [6.45, 7) is 2.05. The Morgan fingerprint density at radius 2 is 2.10 bits per heavy atom. The zero-order valence-corrected chi connectivity index (χ0v) is 11.9. The fourth-order valence-electron chi connectivity index (χ4n) is 2.48. The molecule has 2 unspecified atom stereocenters. The Morgan fingerprint density at radius 1 is 1.40 bits per heavy atom. The molecule has 0 saturated heterocycles. The van der Waals surface area contributed by atoms with E-state index in [1.165, 1.54) is 18.2 Å².